The third-order valence-corrected chi connectivity index (χ3v) is 5.56. The summed E-state index contributed by atoms with van der Waals surface area (Å²) < 4.78 is 5.45. The Labute approximate surface area is 152 Å². The van der Waals surface area contributed by atoms with Crippen molar-refractivity contribution in [3.05, 3.63) is 66.1 Å². The van der Waals surface area contributed by atoms with Gasteiger partial charge in [0.2, 0.25) is 0 Å². The molecule has 0 bridgehead atoms. The number of nitrogens with one attached hydrogen (secondary N) is 1. The van der Waals surface area contributed by atoms with Crippen LogP contribution in [0.25, 0.3) is 21.9 Å². The van der Waals surface area contributed by atoms with Gasteiger partial charge in [0.05, 0.1) is 18.0 Å². The zero-order valence-corrected chi connectivity index (χ0v) is 14.8. The van der Waals surface area contributed by atoms with E-state index in [1.807, 2.05) is 12.3 Å². The van der Waals surface area contributed by atoms with E-state index in [9.17, 15) is 0 Å². The molecule has 2 aromatic heterocycles. The van der Waals surface area contributed by atoms with Gasteiger partial charge < -0.3 is 4.42 Å². The molecule has 1 atom stereocenters. The van der Waals surface area contributed by atoms with Crippen LogP contribution in [0.5, 0.6) is 0 Å². The maximum absolute atomic E-state index is 5.45. The monoisotopic (exact) mass is 345 g/mol. The lowest BCUT2D eigenvalue weighted by Gasteiger charge is -2.33. The fraction of sp³-hybridized carbons (Fsp3) is 0.318. The first-order valence-corrected chi connectivity index (χ1v) is 9.44. The first kappa shape index (κ1) is 15.6. The Balaban J connectivity index is 1.26. The molecule has 0 unspecified atom stereocenters. The maximum atomic E-state index is 5.45. The average Bonchev–Trinajstić information content (AvgIpc) is 3.30. The van der Waals surface area contributed by atoms with E-state index in [-0.39, 0.29) is 0 Å². The fourth-order valence-electron chi connectivity index (χ4n) is 4.29. The lowest BCUT2D eigenvalue weighted by atomic mass is 9.90. The summed E-state index contributed by atoms with van der Waals surface area (Å²) in [5.41, 5.74) is 4.89. The van der Waals surface area contributed by atoms with Crippen LogP contribution in [-0.4, -0.2) is 28.2 Å². The number of fused-ring (bicyclic) bond motifs is 2. The number of hydrogen-bond donors (Lipinski definition) is 1. The molecule has 26 heavy (non-hydrogen) atoms. The Morgan fingerprint density at radius 3 is 3.00 bits per heavy atom. The number of aromatic amines is 1. The number of H-pyrrole nitrogens is 1. The predicted octanol–water partition coefficient (Wildman–Crippen LogP) is 4.76. The van der Waals surface area contributed by atoms with Crippen molar-refractivity contribution in [1.29, 1.82) is 0 Å². The molecule has 1 fully saturated rings. The van der Waals surface area contributed by atoms with Crippen LogP contribution in [0.1, 0.15) is 24.0 Å². The van der Waals surface area contributed by atoms with Crippen molar-refractivity contribution in [2.24, 2.45) is 5.92 Å². The molecule has 4 heteroatoms. The molecular formula is C22H23N3O. The lowest BCUT2D eigenvalue weighted by Crippen LogP contribution is -2.35. The second kappa shape index (κ2) is 6.61. The second-order valence-corrected chi connectivity index (χ2v) is 7.53. The van der Waals surface area contributed by atoms with Gasteiger partial charge in [-0.05, 0) is 73.2 Å². The van der Waals surface area contributed by atoms with E-state index in [0.717, 1.165) is 30.0 Å². The molecule has 1 saturated heterocycles. The number of hydrogen-bond acceptors (Lipinski definition) is 3. The molecule has 132 valence electrons. The normalized spacial score (nSPS) is 18.7. The van der Waals surface area contributed by atoms with Crippen LogP contribution in [0.2, 0.25) is 0 Å². The van der Waals surface area contributed by atoms with Gasteiger partial charge in [-0.3, -0.25) is 10.00 Å². The highest BCUT2D eigenvalue weighted by molar-refractivity contribution is 5.78. The van der Waals surface area contributed by atoms with Gasteiger partial charge in [0.25, 0.3) is 0 Å². The molecule has 4 nitrogen and oxygen atoms in total. The number of benzene rings is 2. The smallest absolute Gasteiger partial charge is 0.133 e. The van der Waals surface area contributed by atoms with Crippen molar-refractivity contribution in [2.75, 3.05) is 13.1 Å². The number of piperidine rings is 1. The zero-order valence-electron chi connectivity index (χ0n) is 14.8. The van der Waals surface area contributed by atoms with E-state index in [1.54, 1.807) is 6.26 Å². The van der Waals surface area contributed by atoms with Gasteiger partial charge >= 0.3 is 0 Å². The van der Waals surface area contributed by atoms with E-state index < -0.39 is 0 Å². The van der Waals surface area contributed by atoms with Gasteiger partial charge in [0, 0.05) is 23.9 Å². The predicted molar refractivity (Wildman–Crippen MR) is 104 cm³/mol. The molecule has 0 radical (unpaired) electrons. The quantitative estimate of drug-likeness (QED) is 0.580. The van der Waals surface area contributed by atoms with Crippen LogP contribution in [0.3, 0.4) is 0 Å². The van der Waals surface area contributed by atoms with Crippen LogP contribution < -0.4 is 0 Å². The highest BCUT2D eigenvalue weighted by Crippen LogP contribution is 2.25. The molecule has 5 rings (SSSR count). The molecule has 1 aliphatic rings. The largest absolute Gasteiger partial charge is 0.464 e. The molecule has 0 saturated carbocycles. The van der Waals surface area contributed by atoms with E-state index >= 15 is 0 Å². The number of aromatic nitrogens is 2. The topological polar surface area (TPSA) is 45.1 Å². The third kappa shape index (κ3) is 3.13. The Bertz CT molecular complexity index is 950. The number of nitrogens with zero attached hydrogens (tertiary/aromatic N) is 2. The minimum Gasteiger partial charge on any atom is -0.464 e. The average molecular weight is 345 g/mol. The van der Waals surface area contributed by atoms with Crippen molar-refractivity contribution in [1.82, 2.24) is 15.1 Å². The summed E-state index contributed by atoms with van der Waals surface area (Å²) in [4.78, 5) is 2.60. The van der Waals surface area contributed by atoms with Crippen molar-refractivity contribution >= 4 is 21.9 Å². The van der Waals surface area contributed by atoms with Gasteiger partial charge in [-0.2, -0.15) is 5.10 Å². The number of likely N-dealkylation sites (tertiary alicyclic amines) is 1. The third-order valence-electron chi connectivity index (χ3n) is 5.56. The number of furan rings is 1. The highest BCUT2D eigenvalue weighted by atomic mass is 16.3. The van der Waals surface area contributed by atoms with Crippen LogP contribution in [0.4, 0.5) is 0 Å². The molecule has 0 spiro atoms. The molecule has 4 aromatic rings. The van der Waals surface area contributed by atoms with Crippen LogP contribution in [-0.2, 0) is 13.0 Å². The summed E-state index contributed by atoms with van der Waals surface area (Å²) >= 11 is 0. The van der Waals surface area contributed by atoms with Crippen LogP contribution >= 0.6 is 0 Å². The van der Waals surface area contributed by atoms with E-state index in [0.29, 0.717) is 0 Å². The van der Waals surface area contributed by atoms with Crippen molar-refractivity contribution in [2.45, 2.75) is 25.8 Å². The molecule has 0 aliphatic carbocycles. The summed E-state index contributed by atoms with van der Waals surface area (Å²) in [6.45, 7) is 3.39. The van der Waals surface area contributed by atoms with Crippen LogP contribution in [0, 0.1) is 5.92 Å². The first-order valence-electron chi connectivity index (χ1n) is 9.44. The first-order chi connectivity index (χ1) is 12.8. The van der Waals surface area contributed by atoms with E-state index in [2.05, 4.69) is 51.5 Å². The summed E-state index contributed by atoms with van der Waals surface area (Å²) in [6.07, 6.45) is 7.44. The molecular weight excluding hydrogens is 322 g/mol. The van der Waals surface area contributed by atoms with Crippen LogP contribution in [0.15, 0.2) is 59.3 Å². The van der Waals surface area contributed by atoms with Gasteiger partial charge in [0.15, 0.2) is 0 Å². The molecule has 1 aliphatic heterocycles. The molecule has 1 N–H and O–H groups in total. The van der Waals surface area contributed by atoms with E-state index in [4.69, 9.17) is 4.42 Å². The molecule has 0 amide bonds. The summed E-state index contributed by atoms with van der Waals surface area (Å²) in [7, 11) is 0. The summed E-state index contributed by atoms with van der Waals surface area (Å²) in [5.74, 6) is 0.728. The van der Waals surface area contributed by atoms with Crippen molar-refractivity contribution < 1.29 is 4.42 Å². The highest BCUT2D eigenvalue weighted by Gasteiger charge is 2.20. The number of rotatable bonds is 4. The standard InChI is InChI=1S/C22H23N3O/c1-2-17(10-16-3-5-21-20(11-16)13-23-24-21)14-25(8-1)15-18-4-6-22-19(12-18)7-9-26-22/h3-7,9,11-13,17H,1-2,8,10,14-15H2,(H,23,24)/t17-/m0/s1. The minimum atomic E-state index is 0.728. The maximum Gasteiger partial charge on any atom is 0.133 e. The Kier molecular flexibility index (Phi) is 3.98. The van der Waals surface area contributed by atoms with Gasteiger partial charge in [-0.15, -0.1) is 0 Å². The van der Waals surface area contributed by atoms with Crippen molar-refractivity contribution in [3.8, 4) is 0 Å². The Morgan fingerprint density at radius 2 is 2.00 bits per heavy atom. The fourth-order valence-corrected chi connectivity index (χ4v) is 4.29. The lowest BCUT2D eigenvalue weighted by molar-refractivity contribution is 0.167. The SMILES string of the molecule is c1cc2cc(CN3CCC[C@@H](Cc4ccc5[nH]ncc5c4)C3)ccc2o1. The Morgan fingerprint density at radius 1 is 1.08 bits per heavy atom. The van der Waals surface area contributed by atoms with Gasteiger partial charge in [-0.1, -0.05) is 12.1 Å². The second-order valence-electron chi connectivity index (χ2n) is 7.53. The summed E-state index contributed by atoms with van der Waals surface area (Å²) in [6, 6.07) is 15.3. The van der Waals surface area contributed by atoms with Gasteiger partial charge in [-0.25, -0.2) is 0 Å². The molecule has 3 heterocycles. The zero-order chi connectivity index (χ0) is 17.3. The van der Waals surface area contributed by atoms with Crippen molar-refractivity contribution in [3.63, 3.8) is 0 Å². The summed E-state index contributed by atoms with van der Waals surface area (Å²) in [5, 5.41) is 9.57. The van der Waals surface area contributed by atoms with Gasteiger partial charge in [0.1, 0.15) is 5.58 Å². The minimum absolute atomic E-state index is 0.728. The molecule has 2 aromatic carbocycles. The Hall–Kier alpha value is -2.59. The van der Waals surface area contributed by atoms with E-state index in [1.165, 1.54) is 47.8 Å².